The summed E-state index contributed by atoms with van der Waals surface area (Å²) in [5, 5.41) is 0. The molecule has 0 bridgehead atoms. The number of anilines is 4. The van der Waals surface area contributed by atoms with Gasteiger partial charge in [0.2, 0.25) is 11.4 Å². The third-order valence-corrected chi connectivity index (χ3v) is 30.3. The molecule has 124 heavy (non-hydrogen) atoms. The predicted octanol–water partition coefficient (Wildman–Crippen LogP) is 32.1. The number of likely N-dealkylation sites (N-methyl/N-ethyl adjacent to an activating group) is 1. The van der Waals surface area contributed by atoms with Crippen LogP contribution in [0.25, 0.3) is 0 Å². The fourth-order valence-electron chi connectivity index (χ4n) is 22.6. The molecule has 6 aliphatic heterocycles. The first-order chi connectivity index (χ1) is 60.5. The summed E-state index contributed by atoms with van der Waals surface area (Å²) >= 11 is 0. The molecule has 0 radical (unpaired) electrons. The Morgan fingerprint density at radius 3 is 0.685 bits per heavy atom. The van der Waals surface area contributed by atoms with E-state index in [4.69, 9.17) is 0 Å². The Morgan fingerprint density at radius 2 is 0.460 bits per heavy atom. The maximum Gasteiger partial charge on any atom is 0.206 e. The van der Waals surface area contributed by atoms with E-state index in [1.54, 1.807) is 11.1 Å². The van der Waals surface area contributed by atoms with Crippen LogP contribution in [-0.2, 0) is 21.7 Å². The number of fused-ring (bicyclic) bond motifs is 4. The Bertz CT molecular complexity index is 3990. The van der Waals surface area contributed by atoms with E-state index in [0.29, 0.717) is 0 Å². The van der Waals surface area contributed by atoms with Gasteiger partial charge < -0.3 is 19.6 Å². The van der Waals surface area contributed by atoms with Crippen molar-refractivity contribution >= 4 is 34.2 Å². The zero-order valence-corrected chi connectivity index (χ0v) is 82.0. The molecule has 7 nitrogen and oxygen atoms in total. The van der Waals surface area contributed by atoms with Gasteiger partial charge in [0.1, 0.15) is 13.1 Å². The number of nitrogens with zero attached hydrogens (tertiary/aromatic N) is 7. The van der Waals surface area contributed by atoms with Crippen molar-refractivity contribution in [1.29, 1.82) is 0 Å². The van der Waals surface area contributed by atoms with Crippen LogP contribution >= 0.6 is 0 Å². The van der Waals surface area contributed by atoms with E-state index < -0.39 is 0 Å². The Balaban J connectivity index is 0.000000241. The van der Waals surface area contributed by atoms with Gasteiger partial charge in [-0.25, -0.2) is 9.15 Å². The minimum absolute atomic E-state index is 0.0140. The average Bonchev–Trinajstić information content (AvgIpc) is 1.61. The quantitative estimate of drug-likeness (QED) is 0.0324. The number of hydrogen-bond donors (Lipinski definition) is 0. The smallest absolute Gasteiger partial charge is 0.206 e. The van der Waals surface area contributed by atoms with Crippen molar-refractivity contribution in [3.63, 3.8) is 0 Å². The molecule has 680 valence electrons. The van der Waals surface area contributed by atoms with Gasteiger partial charge in [0.15, 0.2) is 13.1 Å². The lowest BCUT2D eigenvalue weighted by Crippen LogP contribution is -2.43. The van der Waals surface area contributed by atoms with Crippen LogP contribution in [0.4, 0.5) is 22.7 Å². The molecule has 4 aromatic carbocycles. The molecule has 0 aromatic heterocycles. The highest BCUT2D eigenvalue weighted by Crippen LogP contribution is 2.53. The van der Waals surface area contributed by atoms with Gasteiger partial charge in [0.05, 0.1) is 13.1 Å². The fourth-order valence-corrected chi connectivity index (χ4v) is 22.6. The Hall–Kier alpha value is -6.70. The van der Waals surface area contributed by atoms with Gasteiger partial charge in [-0.3, -0.25) is 4.90 Å². The first kappa shape index (κ1) is 97.9. The lowest BCUT2D eigenvalue weighted by molar-refractivity contribution is -0.538. The second-order valence-electron chi connectivity index (χ2n) is 41.0. The van der Waals surface area contributed by atoms with Gasteiger partial charge >= 0.3 is 0 Å². The first-order valence-corrected chi connectivity index (χ1v) is 52.6. The van der Waals surface area contributed by atoms with E-state index in [9.17, 15) is 0 Å². The SMILES string of the molecule is CCCCCCCCCCCCN1C(=CC=C2CC/C(=C\C=C3\N(CCCCCCCCCCCC)c4ccccc4C3(C)C)C2=[N+]2CCCCC2)C(C)(C)c2ccccc21.CCCCCCCCCCCCN1C(=CC=C2CC/C(=C\C=C3\N(CCCCCCCCCCCC)c4ccccc4C3(C)C)C2=[N+]2CCN(CC)CC2)C(C)(C)c2ccccc21. The number of allylic oxidation sites excluding steroid dienone is 16. The number of para-hydroxylation sites is 4. The van der Waals surface area contributed by atoms with E-state index in [1.165, 1.54) is 380 Å². The molecule has 6 heterocycles. The zero-order valence-electron chi connectivity index (χ0n) is 82.0. The Labute approximate surface area is 761 Å². The van der Waals surface area contributed by atoms with Crippen LogP contribution in [0.5, 0.6) is 0 Å². The Kier molecular flexibility index (Phi) is 40.2. The molecule has 0 amide bonds. The first-order valence-electron chi connectivity index (χ1n) is 52.6. The van der Waals surface area contributed by atoms with Crippen LogP contribution < -0.4 is 19.6 Å². The van der Waals surface area contributed by atoms with E-state index in [1.807, 2.05) is 0 Å². The molecule has 7 heteroatoms. The molecule has 2 aliphatic carbocycles. The highest BCUT2D eigenvalue weighted by atomic mass is 15.2. The van der Waals surface area contributed by atoms with Crippen LogP contribution in [-0.4, -0.2) is 97.5 Å². The maximum atomic E-state index is 2.76. The molecular formula is C117H179N7+2. The van der Waals surface area contributed by atoms with E-state index in [2.05, 4.69) is 269 Å². The normalized spacial score (nSPS) is 20.9. The van der Waals surface area contributed by atoms with Crippen molar-refractivity contribution in [3.8, 4) is 0 Å². The number of unbranched alkanes of at least 4 members (excludes halogenated alkanes) is 36. The molecule has 0 spiro atoms. The number of piperidine rings is 1. The average molecular weight is 1680 g/mol. The van der Waals surface area contributed by atoms with Crippen molar-refractivity contribution in [2.75, 3.05) is 91.6 Å². The van der Waals surface area contributed by atoms with Gasteiger partial charge in [0, 0.05) is 129 Å². The largest absolute Gasteiger partial charge is 0.344 e. The number of rotatable bonds is 49. The molecule has 4 fully saturated rings. The summed E-state index contributed by atoms with van der Waals surface area (Å²) < 4.78 is 5.51. The van der Waals surface area contributed by atoms with Gasteiger partial charge in [-0.05, 0) is 135 Å². The molecule has 8 aliphatic rings. The van der Waals surface area contributed by atoms with Gasteiger partial charge in [-0.2, -0.15) is 0 Å². The van der Waals surface area contributed by atoms with Crippen LogP contribution in [0.2, 0.25) is 0 Å². The lowest BCUT2D eigenvalue weighted by Gasteiger charge is -2.27. The minimum Gasteiger partial charge on any atom is -0.344 e. The highest BCUT2D eigenvalue weighted by molar-refractivity contribution is 6.12. The third kappa shape index (κ3) is 26.3. The van der Waals surface area contributed by atoms with Crippen molar-refractivity contribution in [3.05, 3.63) is 213 Å². The van der Waals surface area contributed by atoms with Crippen molar-refractivity contribution in [1.82, 2.24) is 4.90 Å². The van der Waals surface area contributed by atoms with Crippen LogP contribution in [0.1, 0.15) is 414 Å². The predicted molar refractivity (Wildman–Crippen MR) is 544 cm³/mol. The van der Waals surface area contributed by atoms with Gasteiger partial charge in [-0.15, -0.1) is 0 Å². The summed E-state index contributed by atoms with van der Waals surface area (Å²) in [5.74, 6) is 0. The molecule has 4 aromatic rings. The summed E-state index contributed by atoms with van der Waals surface area (Å²) in [6, 6.07) is 37.0. The molecule has 0 N–H and O–H groups in total. The molecular weight excluding hydrogens is 1500 g/mol. The minimum atomic E-state index is -0.0263. The van der Waals surface area contributed by atoms with Gasteiger partial charge in [0.25, 0.3) is 0 Å². The number of benzene rings is 4. The third-order valence-electron chi connectivity index (χ3n) is 30.3. The molecule has 12 rings (SSSR count). The topological polar surface area (TPSA) is 22.2 Å². The second kappa shape index (κ2) is 50.9. The summed E-state index contributed by atoms with van der Waals surface area (Å²) in [4.78, 5) is 13.4. The standard InChI is InChI=1S/C59H91N4.C58H88N3/c1-8-11-13-15-17-19-21-23-25-31-43-62-53-35-29-27-33-51(53)58(4,5)55(62)41-39-49-37-38-50(57(49)61-47-45-60(10-3)46-48-61)40-42-56-59(6,7)52-34-28-30-36-54(52)63(56)44-32-26-24-22-20-18-16-14-12-9-2;1-7-9-11-13-15-17-19-21-23-32-46-60-52-36-28-26-34-50(52)57(3,4)54(60)42-40-48-38-39-49(56(48)59-44-30-25-31-45-59)41-43-55-58(5,6)51-35-27-29-37-53(51)61(55)47-33-24-22-20-18-16-14-12-10-8-2/h27-30,33-36,39-42H,8-26,31-32,37-38,43-48H2,1-7H3;26-29,34-37,40-43H,7-25,30-33,38-39,44-47H2,1-6H3/q2*+1. The monoisotopic (exact) mass is 1680 g/mol. The van der Waals surface area contributed by atoms with E-state index in [-0.39, 0.29) is 21.7 Å². The fraction of sp³-hybridized carbons (Fsp3) is 0.641. The molecule has 2 saturated heterocycles. The maximum absolute atomic E-state index is 2.76. The lowest BCUT2D eigenvalue weighted by atomic mass is 9.83. The second-order valence-corrected chi connectivity index (χ2v) is 41.0. The van der Waals surface area contributed by atoms with Crippen molar-refractivity contribution < 1.29 is 9.15 Å². The number of hydrogen-bond acceptors (Lipinski definition) is 5. The number of piperazine rings is 1. The van der Waals surface area contributed by atoms with Crippen LogP contribution in [0, 0.1) is 0 Å². The summed E-state index contributed by atoms with van der Waals surface area (Å²) in [6.45, 7) is 43.7. The van der Waals surface area contributed by atoms with Crippen LogP contribution in [0.3, 0.4) is 0 Å². The van der Waals surface area contributed by atoms with Crippen LogP contribution in [0.15, 0.2) is 191 Å². The molecule has 2 saturated carbocycles. The summed E-state index contributed by atoms with van der Waals surface area (Å²) in [5.41, 5.74) is 26.6. The highest BCUT2D eigenvalue weighted by Gasteiger charge is 2.45. The van der Waals surface area contributed by atoms with Crippen molar-refractivity contribution in [2.24, 2.45) is 0 Å². The van der Waals surface area contributed by atoms with Gasteiger partial charge in [-0.1, -0.05) is 418 Å². The molecule has 0 unspecified atom stereocenters. The summed E-state index contributed by atoms with van der Waals surface area (Å²) in [6.07, 6.45) is 83.9. The van der Waals surface area contributed by atoms with Crippen molar-refractivity contribution in [2.45, 2.75) is 413 Å². The summed E-state index contributed by atoms with van der Waals surface area (Å²) in [7, 11) is 0. The zero-order chi connectivity index (χ0) is 87.4. The van der Waals surface area contributed by atoms with E-state index in [0.717, 1.165) is 84.6 Å². The molecule has 0 atom stereocenters. The Morgan fingerprint density at radius 1 is 0.250 bits per heavy atom. The van der Waals surface area contributed by atoms with E-state index >= 15 is 0 Å².